The Morgan fingerprint density at radius 2 is 1.77 bits per heavy atom. The maximum atomic E-state index is 12.7. The van der Waals surface area contributed by atoms with Crippen molar-refractivity contribution in [3.63, 3.8) is 0 Å². The number of ether oxygens (including phenoxy) is 1. The average Bonchev–Trinajstić information content (AvgIpc) is 2.99. The van der Waals surface area contributed by atoms with E-state index in [0.29, 0.717) is 23.5 Å². The molecule has 9 heteroatoms. The van der Waals surface area contributed by atoms with Gasteiger partial charge >= 0.3 is 0 Å². The lowest BCUT2D eigenvalue weighted by Gasteiger charge is -2.24. The molecule has 3 rings (SSSR count). The number of nitro benzene ring substituents is 1. The fraction of sp³-hybridized carbons (Fsp3) is 0.238. The van der Waals surface area contributed by atoms with E-state index in [1.165, 1.54) is 24.3 Å². The second kappa shape index (κ2) is 8.75. The number of hydrogen-bond acceptors (Lipinski definition) is 7. The summed E-state index contributed by atoms with van der Waals surface area (Å²) >= 11 is 0. The molecule has 0 unspecified atom stereocenters. The molecule has 1 atom stereocenters. The number of nitrogens with zero attached hydrogens (tertiary/aromatic N) is 2. The summed E-state index contributed by atoms with van der Waals surface area (Å²) in [6.45, 7) is 1.78. The van der Waals surface area contributed by atoms with Crippen LogP contribution in [0.2, 0.25) is 0 Å². The van der Waals surface area contributed by atoms with Crippen LogP contribution in [-0.4, -0.2) is 51.5 Å². The maximum Gasteiger partial charge on any atom is 0.295 e. The number of rotatable bonds is 7. The number of Topliss-reactive ketones (excluding diaryl/α,β-unsaturated/α-hetero) is 1. The number of β-amino-alcohol motifs (C(OH)–C–C–N with tert-alkyl or cyclic N) is 1. The SMILES string of the molecule is CCOc1ccc(C(O)=C2C(=O)C(=O)N(CCO)[C@H]2c2ccc([N+](=O)[O-])cc2)cc1. The van der Waals surface area contributed by atoms with Gasteiger partial charge in [-0.15, -0.1) is 0 Å². The molecule has 0 aliphatic carbocycles. The van der Waals surface area contributed by atoms with Gasteiger partial charge in [0.25, 0.3) is 17.4 Å². The van der Waals surface area contributed by atoms with Gasteiger partial charge in [0.1, 0.15) is 11.5 Å². The van der Waals surface area contributed by atoms with E-state index >= 15 is 0 Å². The Balaban J connectivity index is 2.10. The Morgan fingerprint density at radius 3 is 2.30 bits per heavy atom. The molecule has 1 amide bonds. The van der Waals surface area contributed by atoms with Crippen molar-refractivity contribution >= 4 is 23.1 Å². The van der Waals surface area contributed by atoms with Gasteiger partial charge in [-0.2, -0.15) is 0 Å². The normalized spacial score (nSPS) is 17.9. The third-order valence-corrected chi connectivity index (χ3v) is 4.74. The van der Waals surface area contributed by atoms with Crippen molar-refractivity contribution in [3.8, 4) is 5.75 Å². The first-order chi connectivity index (χ1) is 14.4. The van der Waals surface area contributed by atoms with Crippen LogP contribution >= 0.6 is 0 Å². The van der Waals surface area contributed by atoms with E-state index in [0.717, 1.165) is 4.90 Å². The number of hydrogen-bond donors (Lipinski definition) is 2. The van der Waals surface area contributed by atoms with Gasteiger partial charge in [-0.05, 0) is 48.9 Å². The van der Waals surface area contributed by atoms with Gasteiger partial charge in [0.15, 0.2) is 0 Å². The minimum absolute atomic E-state index is 0.133. The molecule has 1 heterocycles. The van der Waals surface area contributed by atoms with Gasteiger partial charge in [-0.1, -0.05) is 0 Å². The lowest BCUT2D eigenvalue weighted by Crippen LogP contribution is -2.32. The van der Waals surface area contributed by atoms with E-state index < -0.39 is 22.7 Å². The first kappa shape index (κ1) is 21.0. The first-order valence-electron chi connectivity index (χ1n) is 9.25. The fourth-order valence-electron chi connectivity index (χ4n) is 3.37. The molecular formula is C21H20N2O7. The number of carbonyl (C=O) groups is 2. The van der Waals surface area contributed by atoms with Gasteiger partial charge in [0, 0.05) is 24.2 Å². The van der Waals surface area contributed by atoms with Crippen LogP contribution in [0.15, 0.2) is 54.1 Å². The predicted molar refractivity (Wildman–Crippen MR) is 107 cm³/mol. The average molecular weight is 412 g/mol. The highest BCUT2D eigenvalue weighted by atomic mass is 16.6. The van der Waals surface area contributed by atoms with Crippen LogP contribution in [0.25, 0.3) is 5.76 Å². The van der Waals surface area contributed by atoms with Crippen molar-refractivity contribution in [2.75, 3.05) is 19.8 Å². The number of likely N-dealkylation sites (tertiary alicyclic amines) is 1. The Hall–Kier alpha value is -3.72. The lowest BCUT2D eigenvalue weighted by molar-refractivity contribution is -0.384. The monoisotopic (exact) mass is 412 g/mol. The molecule has 30 heavy (non-hydrogen) atoms. The summed E-state index contributed by atoms with van der Waals surface area (Å²) in [6, 6.07) is 10.8. The van der Waals surface area contributed by atoms with Crippen molar-refractivity contribution < 1.29 is 29.5 Å². The summed E-state index contributed by atoms with van der Waals surface area (Å²) in [5.41, 5.74) is 0.420. The molecule has 2 aromatic rings. The van der Waals surface area contributed by atoms with Crippen LogP contribution < -0.4 is 4.74 Å². The van der Waals surface area contributed by atoms with Crippen LogP contribution in [0.3, 0.4) is 0 Å². The van der Waals surface area contributed by atoms with Crippen molar-refractivity contribution in [2.45, 2.75) is 13.0 Å². The van der Waals surface area contributed by atoms with Gasteiger partial charge in [-0.3, -0.25) is 19.7 Å². The van der Waals surface area contributed by atoms with E-state index in [2.05, 4.69) is 0 Å². The topological polar surface area (TPSA) is 130 Å². The van der Waals surface area contributed by atoms with Gasteiger partial charge in [0.05, 0.1) is 29.8 Å². The van der Waals surface area contributed by atoms with Crippen LogP contribution in [-0.2, 0) is 9.59 Å². The minimum atomic E-state index is -0.982. The van der Waals surface area contributed by atoms with Crippen molar-refractivity contribution in [1.82, 2.24) is 4.90 Å². The molecule has 2 N–H and O–H groups in total. The second-order valence-electron chi connectivity index (χ2n) is 6.52. The number of aliphatic hydroxyl groups excluding tert-OH is 2. The quantitative estimate of drug-likeness (QED) is 0.235. The third kappa shape index (κ3) is 3.87. The maximum absolute atomic E-state index is 12.7. The zero-order valence-corrected chi connectivity index (χ0v) is 16.1. The summed E-state index contributed by atoms with van der Waals surface area (Å²) < 4.78 is 5.36. The van der Waals surface area contributed by atoms with Gasteiger partial charge in [0.2, 0.25) is 0 Å². The van der Waals surface area contributed by atoms with Crippen LogP contribution in [0.5, 0.6) is 5.75 Å². The van der Waals surface area contributed by atoms with Gasteiger partial charge < -0.3 is 19.8 Å². The number of carbonyl (C=O) groups excluding carboxylic acids is 2. The van der Waals surface area contributed by atoms with E-state index in [-0.39, 0.29) is 30.2 Å². The number of nitro groups is 1. The molecule has 1 aliphatic heterocycles. The van der Waals surface area contributed by atoms with Crippen LogP contribution in [0.1, 0.15) is 24.1 Å². The highest BCUT2D eigenvalue weighted by molar-refractivity contribution is 6.46. The number of benzene rings is 2. The van der Waals surface area contributed by atoms with E-state index in [1.807, 2.05) is 6.92 Å². The Labute approximate surface area is 172 Å². The summed E-state index contributed by atoms with van der Waals surface area (Å²) in [4.78, 5) is 36.8. The summed E-state index contributed by atoms with van der Waals surface area (Å²) in [7, 11) is 0. The highest BCUT2D eigenvalue weighted by Crippen LogP contribution is 2.39. The molecule has 9 nitrogen and oxygen atoms in total. The number of non-ortho nitro benzene ring substituents is 1. The smallest absolute Gasteiger partial charge is 0.295 e. The third-order valence-electron chi connectivity index (χ3n) is 4.74. The van der Waals surface area contributed by atoms with E-state index in [4.69, 9.17) is 4.74 Å². The number of ketones is 1. The first-order valence-corrected chi connectivity index (χ1v) is 9.25. The molecular weight excluding hydrogens is 392 g/mol. The molecule has 0 bridgehead atoms. The fourth-order valence-corrected chi connectivity index (χ4v) is 3.37. The Morgan fingerprint density at radius 1 is 1.13 bits per heavy atom. The number of amides is 1. The molecule has 0 radical (unpaired) electrons. The molecule has 1 saturated heterocycles. The summed E-state index contributed by atoms with van der Waals surface area (Å²) in [5, 5.41) is 31.1. The minimum Gasteiger partial charge on any atom is -0.507 e. The standard InChI is InChI=1S/C21H20N2O7/c1-2-30-16-9-5-14(6-10-16)19(25)17-18(22(11-12-24)21(27)20(17)26)13-3-7-15(8-4-13)23(28)29/h3-10,18,24-25H,2,11-12H2,1H3/t18-/m0/s1. The molecule has 1 fully saturated rings. The Bertz CT molecular complexity index is 997. The van der Waals surface area contributed by atoms with Gasteiger partial charge in [-0.25, -0.2) is 0 Å². The molecule has 1 aliphatic rings. The second-order valence-corrected chi connectivity index (χ2v) is 6.52. The van der Waals surface area contributed by atoms with Crippen molar-refractivity contribution in [3.05, 3.63) is 75.3 Å². The molecule has 2 aromatic carbocycles. The largest absolute Gasteiger partial charge is 0.507 e. The van der Waals surface area contributed by atoms with E-state index in [9.17, 15) is 29.9 Å². The Kier molecular flexibility index (Phi) is 6.12. The summed E-state index contributed by atoms with van der Waals surface area (Å²) in [6.07, 6.45) is 0. The zero-order valence-electron chi connectivity index (χ0n) is 16.1. The number of aliphatic hydroxyl groups is 2. The summed E-state index contributed by atoms with van der Waals surface area (Å²) in [5.74, 6) is -1.54. The van der Waals surface area contributed by atoms with Crippen LogP contribution in [0.4, 0.5) is 5.69 Å². The molecule has 0 saturated carbocycles. The molecule has 0 aromatic heterocycles. The highest BCUT2D eigenvalue weighted by Gasteiger charge is 2.45. The van der Waals surface area contributed by atoms with Crippen molar-refractivity contribution in [2.24, 2.45) is 0 Å². The van der Waals surface area contributed by atoms with E-state index in [1.54, 1.807) is 24.3 Å². The lowest BCUT2D eigenvalue weighted by atomic mass is 9.95. The molecule has 156 valence electrons. The van der Waals surface area contributed by atoms with Crippen LogP contribution in [0, 0.1) is 10.1 Å². The zero-order chi connectivity index (χ0) is 21.8. The van der Waals surface area contributed by atoms with Crippen molar-refractivity contribution in [1.29, 1.82) is 0 Å². The molecule has 0 spiro atoms. The predicted octanol–water partition coefficient (Wildman–Crippen LogP) is 2.41.